The Morgan fingerprint density at radius 2 is 2.08 bits per heavy atom. The normalized spacial score (nSPS) is 10.1. The first-order valence-electron chi connectivity index (χ1n) is 3.33. The molecule has 0 heterocycles. The molecule has 1 aromatic rings. The monoisotopic (exact) mass is 282 g/mol. The minimum atomic E-state index is -0.220. The molecular formula is C8H5BrCl2O2. The van der Waals surface area contributed by atoms with E-state index in [9.17, 15) is 9.90 Å². The molecule has 0 bridgehead atoms. The quantitative estimate of drug-likeness (QED) is 0.668. The molecule has 0 spiro atoms. The summed E-state index contributed by atoms with van der Waals surface area (Å²) >= 11 is 14.3. The highest BCUT2D eigenvalue weighted by molar-refractivity contribution is 9.09. The molecule has 1 rings (SSSR count). The molecule has 0 aromatic heterocycles. The number of carbonyl (C=O) groups excluding carboxylic acids is 1. The molecule has 0 atom stereocenters. The number of Topliss-reactive ketones (excluding diaryl/α,β-unsaturated/α-hetero) is 1. The minimum absolute atomic E-state index is 0.0360. The van der Waals surface area contributed by atoms with E-state index in [1.165, 1.54) is 12.1 Å². The summed E-state index contributed by atoms with van der Waals surface area (Å²) in [4.78, 5) is 11.2. The van der Waals surface area contributed by atoms with Crippen molar-refractivity contribution in [2.24, 2.45) is 0 Å². The van der Waals surface area contributed by atoms with Crippen molar-refractivity contribution in [3.63, 3.8) is 0 Å². The number of hydrogen-bond donors (Lipinski definition) is 1. The van der Waals surface area contributed by atoms with Crippen molar-refractivity contribution in [2.75, 3.05) is 5.33 Å². The van der Waals surface area contributed by atoms with Gasteiger partial charge >= 0.3 is 0 Å². The number of aromatic hydroxyl groups is 1. The van der Waals surface area contributed by atoms with Gasteiger partial charge in [0, 0.05) is 16.7 Å². The van der Waals surface area contributed by atoms with Gasteiger partial charge in [-0.2, -0.15) is 0 Å². The SMILES string of the molecule is O=C(CBr)c1cc(Cl)cc(O)c1Cl. The fourth-order valence-electron chi connectivity index (χ4n) is 0.850. The van der Waals surface area contributed by atoms with Gasteiger partial charge in [0.1, 0.15) is 5.75 Å². The van der Waals surface area contributed by atoms with Gasteiger partial charge in [0.05, 0.1) is 10.4 Å². The van der Waals surface area contributed by atoms with Gasteiger partial charge in [0.15, 0.2) is 5.78 Å². The van der Waals surface area contributed by atoms with E-state index in [4.69, 9.17) is 23.2 Å². The summed E-state index contributed by atoms with van der Waals surface area (Å²) in [7, 11) is 0. The van der Waals surface area contributed by atoms with Crippen molar-refractivity contribution in [1.82, 2.24) is 0 Å². The number of phenolic OH excluding ortho intramolecular Hbond substituents is 1. The van der Waals surface area contributed by atoms with Crippen LogP contribution in [0.3, 0.4) is 0 Å². The molecule has 0 aliphatic heterocycles. The maximum atomic E-state index is 11.2. The lowest BCUT2D eigenvalue weighted by Crippen LogP contribution is -2.00. The molecule has 0 fully saturated rings. The molecule has 0 amide bonds. The Morgan fingerprint density at radius 3 is 2.62 bits per heavy atom. The fraction of sp³-hybridized carbons (Fsp3) is 0.125. The second-order valence-electron chi connectivity index (χ2n) is 2.34. The van der Waals surface area contributed by atoms with Gasteiger partial charge in [-0.25, -0.2) is 0 Å². The second-order valence-corrected chi connectivity index (χ2v) is 3.72. The van der Waals surface area contributed by atoms with Crippen molar-refractivity contribution >= 4 is 44.9 Å². The van der Waals surface area contributed by atoms with Crippen molar-refractivity contribution in [3.8, 4) is 5.75 Å². The molecule has 0 aliphatic rings. The largest absolute Gasteiger partial charge is 0.506 e. The number of ketones is 1. The zero-order valence-electron chi connectivity index (χ0n) is 6.35. The summed E-state index contributed by atoms with van der Waals surface area (Å²) in [6, 6.07) is 2.71. The molecule has 0 unspecified atom stereocenters. The summed E-state index contributed by atoms with van der Waals surface area (Å²) in [6.07, 6.45) is 0. The zero-order chi connectivity index (χ0) is 10.0. The standard InChI is InChI=1S/C8H5BrCl2O2/c9-3-7(13)5-1-4(10)2-6(12)8(5)11/h1-2,12H,3H2. The van der Waals surface area contributed by atoms with E-state index in [0.29, 0.717) is 0 Å². The lowest BCUT2D eigenvalue weighted by molar-refractivity contribution is 0.102. The summed E-state index contributed by atoms with van der Waals surface area (Å²) < 4.78 is 0. The van der Waals surface area contributed by atoms with Gasteiger partial charge in [-0.05, 0) is 6.07 Å². The highest BCUT2D eigenvalue weighted by Gasteiger charge is 2.13. The molecule has 5 heteroatoms. The van der Waals surface area contributed by atoms with Crippen LogP contribution in [-0.4, -0.2) is 16.2 Å². The van der Waals surface area contributed by atoms with Gasteiger partial charge < -0.3 is 5.11 Å². The predicted molar refractivity (Wildman–Crippen MR) is 56.3 cm³/mol. The van der Waals surface area contributed by atoms with E-state index in [2.05, 4.69) is 15.9 Å². The minimum Gasteiger partial charge on any atom is -0.506 e. The highest BCUT2D eigenvalue weighted by atomic mass is 79.9. The van der Waals surface area contributed by atoms with E-state index in [0.717, 1.165) is 0 Å². The first kappa shape index (κ1) is 10.8. The third-order valence-corrected chi connectivity index (χ3v) is 2.56. The van der Waals surface area contributed by atoms with Gasteiger partial charge in [0.25, 0.3) is 0 Å². The van der Waals surface area contributed by atoms with E-state index in [1.54, 1.807) is 0 Å². The summed E-state index contributed by atoms with van der Waals surface area (Å²) in [5.41, 5.74) is 0.226. The third kappa shape index (κ3) is 2.36. The molecular weight excluding hydrogens is 279 g/mol. The van der Waals surface area contributed by atoms with E-state index in [-0.39, 0.29) is 32.5 Å². The Morgan fingerprint density at radius 1 is 1.46 bits per heavy atom. The van der Waals surface area contributed by atoms with E-state index < -0.39 is 0 Å². The Labute approximate surface area is 93.6 Å². The maximum Gasteiger partial charge on any atom is 0.175 e. The molecule has 0 saturated carbocycles. The number of rotatable bonds is 2. The first-order valence-corrected chi connectivity index (χ1v) is 5.21. The molecule has 1 N–H and O–H groups in total. The first-order chi connectivity index (χ1) is 6.06. The Bertz CT molecular complexity index is 352. The smallest absolute Gasteiger partial charge is 0.175 e. The van der Waals surface area contributed by atoms with Crippen LogP contribution in [0, 0.1) is 0 Å². The highest BCUT2D eigenvalue weighted by Crippen LogP contribution is 2.31. The van der Waals surface area contributed by atoms with Gasteiger partial charge in [-0.1, -0.05) is 39.1 Å². The Kier molecular flexibility index (Phi) is 3.59. The average Bonchev–Trinajstić information content (AvgIpc) is 2.10. The summed E-state index contributed by atoms with van der Waals surface area (Å²) in [5.74, 6) is -0.402. The Hall–Kier alpha value is -0.250. The van der Waals surface area contributed by atoms with Crippen LogP contribution in [0.25, 0.3) is 0 Å². The Balaban J connectivity index is 3.28. The molecule has 2 nitrogen and oxygen atoms in total. The van der Waals surface area contributed by atoms with Gasteiger partial charge in [0.2, 0.25) is 0 Å². The van der Waals surface area contributed by atoms with Gasteiger partial charge in [-0.15, -0.1) is 0 Å². The number of halogens is 3. The molecule has 70 valence electrons. The number of carbonyl (C=O) groups is 1. The van der Waals surface area contributed by atoms with Crippen LogP contribution in [0.15, 0.2) is 12.1 Å². The topological polar surface area (TPSA) is 37.3 Å². The van der Waals surface area contributed by atoms with Crippen molar-refractivity contribution < 1.29 is 9.90 Å². The number of hydrogen-bond acceptors (Lipinski definition) is 2. The van der Waals surface area contributed by atoms with Crippen LogP contribution >= 0.6 is 39.1 Å². The lowest BCUT2D eigenvalue weighted by atomic mass is 10.1. The third-order valence-electron chi connectivity index (χ3n) is 1.44. The summed E-state index contributed by atoms with van der Waals surface area (Å²) in [6.45, 7) is 0. The molecule has 1 aromatic carbocycles. The van der Waals surface area contributed by atoms with Crippen LogP contribution in [0.5, 0.6) is 5.75 Å². The average molecular weight is 284 g/mol. The van der Waals surface area contributed by atoms with Gasteiger partial charge in [-0.3, -0.25) is 4.79 Å². The zero-order valence-corrected chi connectivity index (χ0v) is 9.45. The second kappa shape index (κ2) is 4.31. The van der Waals surface area contributed by atoms with Crippen molar-refractivity contribution in [3.05, 3.63) is 27.7 Å². The maximum absolute atomic E-state index is 11.2. The number of phenols is 1. The van der Waals surface area contributed by atoms with Crippen LogP contribution in [-0.2, 0) is 0 Å². The van der Waals surface area contributed by atoms with Crippen LogP contribution in [0.4, 0.5) is 0 Å². The molecule has 0 radical (unpaired) electrons. The van der Waals surface area contributed by atoms with Crippen molar-refractivity contribution in [2.45, 2.75) is 0 Å². The molecule has 0 aliphatic carbocycles. The lowest BCUT2D eigenvalue weighted by Gasteiger charge is -2.03. The fourth-order valence-corrected chi connectivity index (χ4v) is 1.58. The van der Waals surface area contributed by atoms with Crippen LogP contribution < -0.4 is 0 Å². The van der Waals surface area contributed by atoms with Crippen LogP contribution in [0.1, 0.15) is 10.4 Å². The number of alkyl halides is 1. The number of benzene rings is 1. The summed E-state index contributed by atoms with van der Waals surface area (Å²) in [5, 5.41) is 9.71. The van der Waals surface area contributed by atoms with E-state index >= 15 is 0 Å². The van der Waals surface area contributed by atoms with Crippen molar-refractivity contribution in [1.29, 1.82) is 0 Å². The van der Waals surface area contributed by atoms with E-state index in [1.807, 2.05) is 0 Å². The molecule has 13 heavy (non-hydrogen) atoms. The van der Waals surface area contributed by atoms with Crippen LogP contribution in [0.2, 0.25) is 10.0 Å². The molecule has 0 saturated heterocycles. The predicted octanol–water partition coefficient (Wildman–Crippen LogP) is 3.28.